The van der Waals surface area contributed by atoms with E-state index in [1.54, 1.807) is 0 Å². The molecule has 0 aromatic heterocycles. The molecule has 1 unspecified atom stereocenters. The Morgan fingerprint density at radius 1 is 0.305 bits per heavy atom. The van der Waals surface area contributed by atoms with E-state index < -0.39 is 0 Å². The summed E-state index contributed by atoms with van der Waals surface area (Å²) in [6, 6.07) is 88.3. The smallest absolute Gasteiger partial charge is 0.0540 e. The SMILES string of the molecule is c1ccc(-c2ccc(C(Cc3ccc(-c4ccc(N(c5ccc(-c6ccccc6)cc5)c5cccc6ccccc56)cc4)cc3)c3cccc4ccccc34)cc2)cc1. The summed E-state index contributed by atoms with van der Waals surface area (Å²) in [4.78, 5) is 2.38. The standard InChI is InChI=1S/C58H43N/c1-3-13-43(14-4-1)46-29-31-51(32-30-46)57(56-23-11-19-49-17-7-9-21-54(49)56)41-42-25-27-45(28-26-42)48-35-39-53(40-36-48)59(58-24-12-20-50-18-8-10-22-55(50)58)52-37-33-47(34-38-52)44-15-5-2-6-16-44/h1-40,57H,41H2. The van der Waals surface area contributed by atoms with Gasteiger partial charge in [-0.1, -0.05) is 212 Å². The van der Waals surface area contributed by atoms with Crippen LogP contribution in [0, 0.1) is 0 Å². The molecular weight excluding hydrogens is 711 g/mol. The molecule has 0 heterocycles. The lowest BCUT2D eigenvalue weighted by Gasteiger charge is -2.27. The van der Waals surface area contributed by atoms with Crippen LogP contribution in [-0.2, 0) is 6.42 Å². The highest BCUT2D eigenvalue weighted by Gasteiger charge is 2.19. The van der Waals surface area contributed by atoms with Gasteiger partial charge in [0, 0.05) is 22.7 Å². The quantitative estimate of drug-likeness (QED) is 0.134. The van der Waals surface area contributed by atoms with Gasteiger partial charge in [0.2, 0.25) is 0 Å². The predicted octanol–water partition coefficient (Wildman–Crippen LogP) is 15.8. The van der Waals surface area contributed by atoms with Gasteiger partial charge in [-0.05, 0) is 103 Å². The van der Waals surface area contributed by atoms with Crippen molar-refractivity contribution in [2.75, 3.05) is 4.90 Å². The second kappa shape index (κ2) is 16.2. The lowest BCUT2D eigenvalue weighted by Crippen LogP contribution is -2.10. The van der Waals surface area contributed by atoms with Gasteiger partial charge in [0.25, 0.3) is 0 Å². The van der Waals surface area contributed by atoms with Crippen LogP contribution in [0.4, 0.5) is 17.1 Å². The van der Waals surface area contributed by atoms with Gasteiger partial charge in [-0.15, -0.1) is 0 Å². The summed E-state index contributed by atoms with van der Waals surface area (Å²) in [6.07, 6.45) is 0.904. The maximum absolute atomic E-state index is 2.38. The van der Waals surface area contributed by atoms with E-state index in [1.807, 2.05) is 0 Å². The molecule has 1 atom stereocenters. The highest BCUT2D eigenvalue weighted by Crippen LogP contribution is 2.41. The van der Waals surface area contributed by atoms with Gasteiger partial charge in [0.05, 0.1) is 5.69 Å². The summed E-state index contributed by atoms with van der Waals surface area (Å²) >= 11 is 0. The van der Waals surface area contributed by atoms with Crippen LogP contribution < -0.4 is 4.90 Å². The third kappa shape index (κ3) is 7.43. The van der Waals surface area contributed by atoms with E-state index in [4.69, 9.17) is 0 Å². The fraction of sp³-hybridized carbons (Fsp3) is 0.0345. The van der Waals surface area contributed by atoms with Crippen LogP contribution in [0.25, 0.3) is 54.9 Å². The van der Waals surface area contributed by atoms with Crippen molar-refractivity contribution < 1.29 is 0 Å². The first-order valence-corrected chi connectivity index (χ1v) is 20.5. The molecule has 0 N–H and O–H groups in total. The summed E-state index contributed by atoms with van der Waals surface area (Å²) < 4.78 is 0. The molecule has 0 spiro atoms. The first-order valence-electron chi connectivity index (χ1n) is 20.5. The van der Waals surface area contributed by atoms with E-state index in [0.29, 0.717) is 0 Å². The molecular formula is C58H43N. The maximum Gasteiger partial charge on any atom is 0.0540 e. The lowest BCUT2D eigenvalue weighted by molar-refractivity contribution is 0.812. The average Bonchev–Trinajstić information content (AvgIpc) is 3.32. The Morgan fingerprint density at radius 2 is 0.712 bits per heavy atom. The number of hydrogen-bond donors (Lipinski definition) is 0. The zero-order chi connectivity index (χ0) is 39.4. The van der Waals surface area contributed by atoms with Gasteiger partial charge < -0.3 is 4.90 Å². The van der Waals surface area contributed by atoms with Gasteiger partial charge in [-0.3, -0.25) is 0 Å². The molecule has 10 aromatic carbocycles. The molecule has 0 aliphatic rings. The Kier molecular flexibility index (Phi) is 9.84. The predicted molar refractivity (Wildman–Crippen MR) is 251 cm³/mol. The molecule has 280 valence electrons. The summed E-state index contributed by atoms with van der Waals surface area (Å²) in [5.74, 6) is 0.206. The minimum absolute atomic E-state index is 0.206. The molecule has 10 aromatic rings. The van der Waals surface area contributed by atoms with Crippen molar-refractivity contribution in [2.45, 2.75) is 12.3 Å². The number of anilines is 3. The van der Waals surface area contributed by atoms with Gasteiger partial charge in [0.15, 0.2) is 0 Å². The fourth-order valence-corrected chi connectivity index (χ4v) is 8.64. The topological polar surface area (TPSA) is 3.24 Å². The monoisotopic (exact) mass is 753 g/mol. The van der Waals surface area contributed by atoms with E-state index in [2.05, 4.69) is 248 Å². The zero-order valence-corrected chi connectivity index (χ0v) is 32.8. The molecule has 10 rings (SSSR count). The molecule has 1 nitrogen and oxygen atoms in total. The van der Waals surface area contributed by atoms with Crippen LogP contribution >= 0.6 is 0 Å². The fourth-order valence-electron chi connectivity index (χ4n) is 8.64. The van der Waals surface area contributed by atoms with Crippen LogP contribution in [0.1, 0.15) is 22.6 Å². The average molecular weight is 754 g/mol. The van der Waals surface area contributed by atoms with Crippen LogP contribution in [-0.4, -0.2) is 0 Å². The summed E-state index contributed by atoms with van der Waals surface area (Å²) in [5.41, 5.74) is 14.7. The van der Waals surface area contributed by atoms with E-state index in [-0.39, 0.29) is 5.92 Å². The number of rotatable bonds is 10. The summed E-state index contributed by atoms with van der Waals surface area (Å²) in [6.45, 7) is 0. The Morgan fingerprint density at radius 3 is 1.27 bits per heavy atom. The Labute approximate surface area is 347 Å². The maximum atomic E-state index is 2.38. The van der Waals surface area contributed by atoms with Crippen molar-refractivity contribution in [3.05, 3.63) is 259 Å². The summed E-state index contributed by atoms with van der Waals surface area (Å²) in [5, 5.41) is 5.03. The Bertz CT molecular complexity index is 2960. The highest BCUT2D eigenvalue weighted by molar-refractivity contribution is 5.99. The highest BCUT2D eigenvalue weighted by atomic mass is 15.1. The summed E-state index contributed by atoms with van der Waals surface area (Å²) in [7, 11) is 0. The molecule has 0 aliphatic carbocycles. The van der Waals surface area contributed by atoms with Crippen LogP contribution in [0.5, 0.6) is 0 Å². The van der Waals surface area contributed by atoms with Crippen LogP contribution in [0.15, 0.2) is 243 Å². The molecule has 0 radical (unpaired) electrons. The van der Waals surface area contributed by atoms with Crippen molar-refractivity contribution in [1.29, 1.82) is 0 Å². The molecule has 0 saturated heterocycles. The molecule has 59 heavy (non-hydrogen) atoms. The second-order valence-electron chi connectivity index (χ2n) is 15.3. The van der Waals surface area contributed by atoms with Crippen molar-refractivity contribution in [3.63, 3.8) is 0 Å². The molecule has 0 amide bonds. The first-order chi connectivity index (χ1) is 29.2. The number of fused-ring (bicyclic) bond motifs is 2. The van der Waals surface area contributed by atoms with Crippen LogP contribution in [0.2, 0.25) is 0 Å². The van der Waals surface area contributed by atoms with Gasteiger partial charge in [0.1, 0.15) is 0 Å². The van der Waals surface area contributed by atoms with Gasteiger partial charge >= 0.3 is 0 Å². The molecule has 0 bridgehead atoms. The normalized spacial score (nSPS) is 11.7. The van der Waals surface area contributed by atoms with E-state index >= 15 is 0 Å². The van der Waals surface area contributed by atoms with Gasteiger partial charge in [-0.25, -0.2) is 0 Å². The minimum Gasteiger partial charge on any atom is -0.310 e. The zero-order valence-electron chi connectivity index (χ0n) is 32.8. The number of benzene rings is 10. The largest absolute Gasteiger partial charge is 0.310 e. The van der Waals surface area contributed by atoms with Crippen molar-refractivity contribution in [3.8, 4) is 33.4 Å². The van der Waals surface area contributed by atoms with Crippen molar-refractivity contribution in [2.24, 2.45) is 0 Å². The van der Waals surface area contributed by atoms with E-state index in [1.165, 1.54) is 71.6 Å². The van der Waals surface area contributed by atoms with E-state index in [9.17, 15) is 0 Å². The number of nitrogens with zero attached hydrogens (tertiary/aromatic N) is 1. The van der Waals surface area contributed by atoms with Crippen LogP contribution in [0.3, 0.4) is 0 Å². The Hall–Kier alpha value is -7.48. The van der Waals surface area contributed by atoms with Gasteiger partial charge in [-0.2, -0.15) is 0 Å². The van der Waals surface area contributed by atoms with E-state index in [0.717, 1.165) is 23.5 Å². The first kappa shape index (κ1) is 35.9. The molecule has 0 aliphatic heterocycles. The third-order valence-electron chi connectivity index (χ3n) is 11.7. The van der Waals surface area contributed by atoms with Crippen molar-refractivity contribution >= 4 is 38.6 Å². The number of hydrogen-bond acceptors (Lipinski definition) is 1. The molecule has 1 heteroatoms. The lowest BCUT2D eigenvalue weighted by atomic mass is 9.83. The Balaban J connectivity index is 0.958. The minimum atomic E-state index is 0.206. The molecule has 0 saturated carbocycles. The van der Waals surface area contributed by atoms with Crippen molar-refractivity contribution in [1.82, 2.24) is 0 Å². The second-order valence-corrected chi connectivity index (χ2v) is 15.3. The molecule has 0 fully saturated rings. The third-order valence-corrected chi connectivity index (χ3v) is 11.7.